The van der Waals surface area contributed by atoms with E-state index < -0.39 is 17.5 Å². The molecular weight excluding hydrogens is 197 g/mol. The van der Waals surface area contributed by atoms with E-state index >= 15 is 0 Å². The van der Waals surface area contributed by atoms with Crippen molar-refractivity contribution in [1.29, 1.82) is 0 Å². The molecule has 0 amide bonds. The van der Waals surface area contributed by atoms with Gasteiger partial charge in [0.05, 0.1) is 4.88 Å². The van der Waals surface area contributed by atoms with Crippen LogP contribution in [0, 0.1) is 0 Å². The summed E-state index contributed by atoms with van der Waals surface area (Å²) in [4.78, 5) is 21.6. The number of thiophene rings is 1. The number of hydrogen-bond donors (Lipinski definition) is 0. The van der Waals surface area contributed by atoms with E-state index in [2.05, 4.69) is 0 Å². The first kappa shape index (κ1) is 8.56. The lowest BCUT2D eigenvalue weighted by atomic mass is 10.1. The molecule has 0 unspecified atom stereocenters. The Bertz CT molecular complexity index is 389. The predicted octanol–water partition coefficient (Wildman–Crippen LogP) is 0.556. The topological polar surface area (TPSA) is 34.1 Å². The van der Waals surface area contributed by atoms with Crippen LogP contribution in [0.2, 0.25) is 0 Å². The second-order valence-electron chi connectivity index (χ2n) is 2.62. The summed E-state index contributed by atoms with van der Waals surface area (Å²) in [7, 11) is 5.27. The van der Waals surface area contributed by atoms with Gasteiger partial charge < -0.3 is 0 Å². The summed E-state index contributed by atoms with van der Waals surface area (Å²) in [6, 6.07) is 1.11. The molecule has 0 bridgehead atoms. The molecule has 2 nitrogen and oxygen atoms in total. The normalized spacial score (nSPS) is 19.2. The number of hydrogen-bond acceptors (Lipinski definition) is 3. The zero-order valence-corrected chi connectivity index (χ0v) is 6.95. The van der Waals surface area contributed by atoms with Crippen molar-refractivity contribution < 1.29 is 18.4 Å². The van der Waals surface area contributed by atoms with Gasteiger partial charge >= 0.3 is 5.92 Å². The van der Waals surface area contributed by atoms with Crippen LogP contribution < -0.4 is 4.78 Å². The molecule has 1 aromatic heterocycles. The van der Waals surface area contributed by atoms with Crippen molar-refractivity contribution in [2.45, 2.75) is 5.92 Å². The molecule has 0 N–H and O–H groups in total. The first-order chi connectivity index (χ1) is 5.94. The molecule has 0 saturated carbocycles. The first-order valence-electron chi connectivity index (χ1n) is 3.31. The minimum atomic E-state index is -3.88. The number of fused-ring (bicyclic) bond motifs is 1. The minimum absolute atomic E-state index is 0.196. The standard InChI is InChI=1S/C7HBF2O2S/c8-3-1-2-4(13-3)6(12)7(9,10)5(2)11/h1H. The average Bonchev–Trinajstić information content (AvgIpc) is 2.48. The SMILES string of the molecule is [B]c1cc2c(s1)C(=O)C(F)(F)C2=O. The highest BCUT2D eigenvalue weighted by Crippen LogP contribution is 2.36. The van der Waals surface area contributed by atoms with E-state index in [1.807, 2.05) is 0 Å². The molecule has 2 radical (unpaired) electrons. The maximum atomic E-state index is 12.8. The molecule has 6 heteroatoms. The maximum Gasteiger partial charge on any atom is 0.372 e. The number of halogens is 2. The van der Waals surface area contributed by atoms with Crippen LogP contribution in [0.5, 0.6) is 0 Å². The van der Waals surface area contributed by atoms with E-state index in [9.17, 15) is 18.4 Å². The molecule has 1 aliphatic carbocycles. The van der Waals surface area contributed by atoms with Gasteiger partial charge in [0.15, 0.2) is 0 Å². The Balaban J connectivity index is 2.68. The van der Waals surface area contributed by atoms with Gasteiger partial charge in [0, 0.05) is 5.56 Å². The van der Waals surface area contributed by atoms with Crippen LogP contribution in [0.1, 0.15) is 20.0 Å². The molecule has 0 spiro atoms. The molecule has 0 aromatic carbocycles. The summed E-state index contributed by atoms with van der Waals surface area (Å²) in [6.45, 7) is 0. The highest BCUT2D eigenvalue weighted by Gasteiger charge is 2.56. The van der Waals surface area contributed by atoms with E-state index in [4.69, 9.17) is 7.85 Å². The highest BCUT2D eigenvalue weighted by atomic mass is 32.1. The molecule has 0 fully saturated rings. The van der Waals surface area contributed by atoms with Gasteiger partial charge in [0.1, 0.15) is 7.85 Å². The Morgan fingerprint density at radius 3 is 2.46 bits per heavy atom. The smallest absolute Gasteiger partial charge is 0.287 e. The molecule has 2 rings (SSSR count). The van der Waals surface area contributed by atoms with Crippen molar-refractivity contribution in [3.8, 4) is 0 Å². The third kappa shape index (κ3) is 0.919. The fraction of sp³-hybridized carbons (Fsp3) is 0.143. The van der Waals surface area contributed by atoms with Gasteiger partial charge in [-0.15, -0.1) is 11.3 Å². The number of Topliss-reactive ketones (excluding diaryl/α,β-unsaturated/α-hetero) is 2. The Labute approximate surface area is 77.0 Å². The zero-order valence-electron chi connectivity index (χ0n) is 6.14. The van der Waals surface area contributed by atoms with E-state index in [-0.39, 0.29) is 15.2 Å². The second kappa shape index (κ2) is 2.26. The van der Waals surface area contributed by atoms with Crippen LogP contribution in [0.4, 0.5) is 8.78 Å². The summed E-state index contributed by atoms with van der Waals surface area (Å²) in [5, 5.41) is 0. The monoisotopic (exact) mass is 198 g/mol. The summed E-state index contributed by atoms with van der Waals surface area (Å²) < 4.78 is 25.7. The zero-order chi connectivity index (χ0) is 9.80. The van der Waals surface area contributed by atoms with Crippen LogP contribution >= 0.6 is 11.3 Å². The van der Waals surface area contributed by atoms with Gasteiger partial charge in [-0.2, -0.15) is 8.78 Å². The lowest BCUT2D eigenvalue weighted by molar-refractivity contribution is 0.0190. The van der Waals surface area contributed by atoms with Gasteiger partial charge in [-0.3, -0.25) is 9.59 Å². The quantitative estimate of drug-likeness (QED) is 0.450. The lowest BCUT2D eigenvalue weighted by Crippen LogP contribution is -2.30. The molecule has 0 atom stereocenters. The number of carbonyl (C=O) groups excluding carboxylic acids is 2. The van der Waals surface area contributed by atoms with E-state index in [1.165, 1.54) is 0 Å². The number of rotatable bonds is 0. The van der Waals surface area contributed by atoms with Crippen LogP contribution in [-0.2, 0) is 0 Å². The third-order valence-electron chi connectivity index (χ3n) is 1.77. The predicted molar refractivity (Wildman–Crippen MR) is 43.3 cm³/mol. The van der Waals surface area contributed by atoms with Crippen LogP contribution in [-0.4, -0.2) is 25.3 Å². The summed E-state index contributed by atoms with van der Waals surface area (Å²) in [6.07, 6.45) is 0. The van der Waals surface area contributed by atoms with Crippen LogP contribution in [0.25, 0.3) is 0 Å². The molecule has 1 heterocycles. The molecule has 13 heavy (non-hydrogen) atoms. The van der Waals surface area contributed by atoms with Crippen molar-refractivity contribution in [3.05, 3.63) is 16.5 Å². The first-order valence-corrected chi connectivity index (χ1v) is 4.13. The van der Waals surface area contributed by atoms with E-state index in [0.29, 0.717) is 0 Å². The second-order valence-corrected chi connectivity index (χ2v) is 3.71. The molecule has 64 valence electrons. The lowest BCUT2D eigenvalue weighted by Gasteiger charge is -2.02. The van der Waals surface area contributed by atoms with Crippen molar-refractivity contribution in [3.63, 3.8) is 0 Å². The summed E-state index contributed by atoms with van der Waals surface area (Å²) in [5.41, 5.74) is -0.252. The Morgan fingerprint density at radius 2 is 1.92 bits per heavy atom. The average molecular weight is 198 g/mol. The van der Waals surface area contributed by atoms with Crippen LogP contribution in [0.3, 0.4) is 0 Å². The van der Waals surface area contributed by atoms with Crippen LogP contribution in [0.15, 0.2) is 6.07 Å². The largest absolute Gasteiger partial charge is 0.372 e. The fourth-order valence-electron chi connectivity index (χ4n) is 1.16. The number of carbonyl (C=O) groups is 2. The Hall–Kier alpha value is -1.04. The van der Waals surface area contributed by atoms with Gasteiger partial charge in [0.2, 0.25) is 5.78 Å². The van der Waals surface area contributed by atoms with E-state index in [0.717, 1.165) is 17.4 Å². The van der Waals surface area contributed by atoms with Gasteiger partial charge in [-0.1, -0.05) is 0 Å². The molecule has 0 aliphatic heterocycles. The molecule has 1 aliphatic rings. The van der Waals surface area contributed by atoms with Crippen molar-refractivity contribution in [2.24, 2.45) is 0 Å². The van der Waals surface area contributed by atoms with Gasteiger partial charge in [-0.05, 0) is 10.8 Å². The van der Waals surface area contributed by atoms with Gasteiger partial charge in [0.25, 0.3) is 5.78 Å². The molecule has 1 aromatic rings. The van der Waals surface area contributed by atoms with Crippen molar-refractivity contribution >= 4 is 35.5 Å². The fourth-order valence-corrected chi connectivity index (χ4v) is 2.06. The summed E-state index contributed by atoms with van der Waals surface area (Å²) in [5.74, 6) is -6.76. The van der Waals surface area contributed by atoms with Crippen molar-refractivity contribution in [2.75, 3.05) is 0 Å². The Kier molecular flexibility index (Phi) is 1.49. The third-order valence-corrected chi connectivity index (χ3v) is 2.74. The molecule has 0 saturated heterocycles. The number of alkyl halides is 2. The number of ketones is 2. The Morgan fingerprint density at radius 1 is 1.31 bits per heavy atom. The highest BCUT2D eigenvalue weighted by molar-refractivity contribution is 7.22. The maximum absolute atomic E-state index is 12.8. The summed E-state index contributed by atoms with van der Waals surface area (Å²) >= 11 is 0.718. The van der Waals surface area contributed by atoms with Crippen molar-refractivity contribution in [1.82, 2.24) is 0 Å². The van der Waals surface area contributed by atoms with Gasteiger partial charge in [-0.25, -0.2) is 0 Å². The van der Waals surface area contributed by atoms with E-state index in [1.54, 1.807) is 0 Å². The molecular formula is C7HBF2O2S. The minimum Gasteiger partial charge on any atom is -0.287 e.